The molecule has 0 fully saturated rings. The van der Waals surface area contributed by atoms with E-state index in [0.717, 1.165) is 5.56 Å². The Labute approximate surface area is 94.3 Å². The van der Waals surface area contributed by atoms with Gasteiger partial charge in [-0.1, -0.05) is 19.9 Å². The summed E-state index contributed by atoms with van der Waals surface area (Å²) in [5, 5.41) is 11.5. The third-order valence-corrected chi connectivity index (χ3v) is 2.25. The number of carbonyl (C=O) groups excluding carboxylic acids is 1. The molecule has 0 spiro atoms. The lowest BCUT2D eigenvalue weighted by atomic mass is 9.99. The van der Waals surface area contributed by atoms with Crippen LogP contribution in [0.25, 0.3) is 0 Å². The van der Waals surface area contributed by atoms with E-state index in [1.165, 1.54) is 6.92 Å². The van der Waals surface area contributed by atoms with Crippen molar-refractivity contribution in [3.05, 3.63) is 29.3 Å². The van der Waals surface area contributed by atoms with Crippen LogP contribution in [0, 0.1) is 0 Å². The van der Waals surface area contributed by atoms with Crippen LogP contribution in [0.1, 0.15) is 42.6 Å². The molecule has 1 rings (SSSR count). The largest absolute Gasteiger partial charge is 0.478 e. The van der Waals surface area contributed by atoms with Crippen LogP contribution >= 0.6 is 0 Å². The van der Waals surface area contributed by atoms with Gasteiger partial charge in [0.15, 0.2) is 0 Å². The molecule has 1 amide bonds. The van der Waals surface area contributed by atoms with Crippen LogP contribution in [0.3, 0.4) is 0 Å². The highest BCUT2D eigenvalue weighted by molar-refractivity contribution is 6.00. The van der Waals surface area contributed by atoms with E-state index in [9.17, 15) is 9.59 Å². The maximum absolute atomic E-state index is 11.0. The lowest BCUT2D eigenvalue weighted by Crippen LogP contribution is -2.11. The fraction of sp³-hybridized carbons (Fsp3) is 0.333. The van der Waals surface area contributed by atoms with Gasteiger partial charge in [0.1, 0.15) is 0 Å². The summed E-state index contributed by atoms with van der Waals surface area (Å²) >= 11 is 0. The molecule has 0 aromatic heterocycles. The molecule has 0 heterocycles. The fourth-order valence-electron chi connectivity index (χ4n) is 1.40. The van der Waals surface area contributed by atoms with Crippen molar-refractivity contribution < 1.29 is 14.7 Å². The molecule has 1 aromatic carbocycles. The lowest BCUT2D eigenvalue weighted by Gasteiger charge is -2.11. The normalized spacial score (nSPS) is 10.2. The van der Waals surface area contributed by atoms with Crippen molar-refractivity contribution >= 4 is 17.6 Å². The van der Waals surface area contributed by atoms with Crippen LogP contribution in [0.4, 0.5) is 5.69 Å². The standard InChI is InChI=1S/C12H15NO3/c1-7(2)9-4-5-11(13-8(3)14)10(6-9)12(15)16/h4-7H,1-3H3,(H,13,14)(H,15,16). The van der Waals surface area contributed by atoms with Crippen LogP contribution in [0.2, 0.25) is 0 Å². The zero-order valence-corrected chi connectivity index (χ0v) is 9.57. The summed E-state index contributed by atoms with van der Waals surface area (Å²) in [4.78, 5) is 21.9. The topological polar surface area (TPSA) is 66.4 Å². The number of nitrogens with one attached hydrogen (secondary N) is 1. The Bertz CT molecular complexity index is 424. The Balaban J connectivity index is 3.19. The Morgan fingerprint density at radius 2 is 1.94 bits per heavy atom. The van der Waals surface area contributed by atoms with E-state index < -0.39 is 5.97 Å². The molecule has 1 aromatic rings. The van der Waals surface area contributed by atoms with E-state index >= 15 is 0 Å². The number of rotatable bonds is 3. The first-order valence-corrected chi connectivity index (χ1v) is 5.06. The van der Waals surface area contributed by atoms with E-state index in [1.807, 2.05) is 19.9 Å². The van der Waals surface area contributed by atoms with Crippen molar-refractivity contribution in [3.63, 3.8) is 0 Å². The second-order valence-electron chi connectivity index (χ2n) is 3.95. The molecule has 0 unspecified atom stereocenters. The number of benzene rings is 1. The van der Waals surface area contributed by atoms with Gasteiger partial charge in [0.25, 0.3) is 0 Å². The first-order valence-electron chi connectivity index (χ1n) is 5.06. The summed E-state index contributed by atoms with van der Waals surface area (Å²) in [5.74, 6) is -1.06. The molecule has 0 radical (unpaired) electrons. The van der Waals surface area contributed by atoms with Crippen molar-refractivity contribution in [1.29, 1.82) is 0 Å². The smallest absolute Gasteiger partial charge is 0.337 e. The van der Waals surface area contributed by atoms with E-state index in [4.69, 9.17) is 5.11 Å². The fourth-order valence-corrected chi connectivity index (χ4v) is 1.40. The average molecular weight is 221 g/mol. The van der Waals surface area contributed by atoms with Crippen LogP contribution in [-0.4, -0.2) is 17.0 Å². The molecule has 0 atom stereocenters. The highest BCUT2D eigenvalue weighted by Crippen LogP contribution is 2.22. The molecule has 0 saturated carbocycles. The van der Waals surface area contributed by atoms with Crippen molar-refractivity contribution in [1.82, 2.24) is 0 Å². The van der Waals surface area contributed by atoms with Gasteiger partial charge in [-0.25, -0.2) is 4.79 Å². The number of aromatic carboxylic acids is 1. The second kappa shape index (κ2) is 4.79. The number of amides is 1. The third kappa shape index (κ3) is 2.82. The first-order chi connectivity index (χ1) is 7.41. The van der Waals surface area contributed by atoms with Gasteiger partial charge < -0.3 is 10.4 Å². The Hall–Kier alpha value is -1.84. The monoisotopic (exact) mass is 221 g/mol. The predicted molar refractivity (Wildman–Crippen MR) is 61.8 cm³/mol. The average Bonchev–Trinajstić information content (AvgIpc) is 2.16. The van der Waals surface area contributed by atoms with E-state index in [2.05, 4.69) is 5.32 Å². The van der Waals surface area contributed by atoms with Crippen molar-refractivity contribution in [3.8, 4) is 0 Å². The summed E-state index contributed by atoms with van der Waals surface area (Å²) in [6.45, 7) is 5.32. The van der Waals surface area contributed by atoms with Gasteiger partial charge in [-0.3, -0.25) is 4.79 Å². The molecule has 0 aliphatic rings. The number of hydrogen-bond acceptors (Lipinski definition) is 2. The number of carbonyl (C=O) groups is 2. The van der Waals surface area contributed by atoms with Gasteiger partial charge in [0, 0.05) is 6.92 Å². The van der Waals surface area contributed by atoms with Crippen molar-refractivity contribution in [2.75, 3.05) is 5.32 Å². The quantitative estimate of drug-likeness (QED) is 0.823. The molecule has 0 saturated heterocycles. The SMILES string of the molecule is CC(=O)Nc1ccc(C(C)C)cc1C(=O)O. The Kier molecular flexibility index (Phi) is 3.66. The Morgan fingerprint density at radius 1 is 1.31 bits per heavy atom. The molecule has 4 nitrogen and oxygen atoms in total. The van der Waals surface area contributed by atoms with E-state index in [0.29, 0.717) is 5.69 Å². The molecule has 4 heteroatoms. The molecule has 2 N–H and O–H groups in total. The van der Waals surface area contributed by atoms with Gasteiger partial charge in [0.05, 0.1) is 11.3 Å². The maximum Gasteiger partial charge on any atom is 0.337 e. The van der Waals surface area contributed by atoms with Gasteiger partial charge >= 0.3 is 5.97 Å². The number of carboxylic acids is 1. The number of carboxylic acid groups (broad SMARTS) is 1. The molecule has 86 valence electrons. The van der Waals surface area contributed by atoms with Gasteiger partial charge in [-0.15, -0.1) is 0 Å². The van der Waals surface area contributed by atoms with Gasteiger partial charge in [-0.2, -0.15) is 0 Å². The van der Waals surface area contributed by atoms with Crippen LogP contribution in [0.5, 0.6) is 0 Å². The summed E-state index contributed by atoms with van der Waals surface area (Å²) in [6.07, 6.45) is 0. The molecular weight excluding hydrogens is 206 g/mol. The Morgan fingerprint density at radius 3 is 2.38 bits per heavy atom. The van der Waals surface area contributed by atoms with E-state index in [-0.39, 0.29) is 17.4 Å². The summed E-state index contributed by atoms with van der Waals surface area (Å²) < 4.78 is 0. The minimum Gasteiger partial charge on any atom is -0.478 e. The van der Waals surface area contributed by atoms with Gasteiger partial charge in [0.2, 0.25) is 5.91 Å². The lowest BCUT2D eigenvalue weighted by molar-refractivity contribution is -0.114. The molecule has 0 aliphatic carbocycles. The zero-order chi connectivity index (χ0) is 12.3. The summed E-state index contributed by atoms with van der Waals surface area (Å²) in [5.41, 5.74) is 1.40. The van der Waals surface area contributed by atoms with Gasteiger partial charge in [-0.05, 0) is 23.6 Å². The van der Waals surface area contributed by atoms with Crippen LogP contribution in [0.15, 0.2) is 18.2 Å². The van der Waals surface area contributed by atoms with Crippen molar-refractivity contribution in [2.45, 2.75) is 26.7 Å². The summed E-state index contributed by atoms with van der Waals surface area (Å²) in [6, 6.07) is 5.04. The predicted octanol–water partition coefficient (Wildman–Crippen LogP) is 2.47. The molecule has 0 bridgehead atoms. The van der Waals surface area contributed by atoms with Crippen LogP contribution < -0.4 is 5.32 Å². The van der Waals surface area contributed by atoms with E-state index in [1.54, 1.807) is 12.1 Å². The summed E-state index contributed by atoms with van der Waals surface area (Å²) in [7, 11) is 0. The highest BCUT2D eigenvalue weighted by atomic mass is 16.4. The number of anilines is 1. The van der Waals surface area contributed by atoms with Crippen LogP contribution in [-0.2, 0) is 4.79 Å². The third-order valence-electron chi connectivity index (χ3n) is 2.25. The first kappa shape index (κ1) is 12.2. The molecule has 16 heavy (non-hydrogen) atoms. The van der Waals surface area contributed by atoms with Crippen molar-refractivity contribution in [2.24, 2.45) is 0 Å². The maximum atomic E-state index is 11.0. The molecule has 0 aliphatic heterocycles. The second-order valence-corrected chi connectivity index (χ2v) is 3.95. The molecular formula is C12H15NO3. The minimum absolute atomic E-state index is 0.126. The number of hydrogen-bond donors (Lipinski definition) is 2. The zero-order valence-electron chi connectivity index (χ0n) is 9.57. The minimum atomic E-state index is -1.04. The highest BCUT2D eigenvalue weighted by Gasteiger charge is 2.12.